The Morgan fingerprint density at radius 3 is 2.17 bits per heavy atom. The zero-order valence-corrected chi connectivity index (χ0v) is 13.6. The Bertz CT molecular complexity index is 700. The van der Waals surface area contributed by atoms with Crippen LogP contribution in [0.2, 0.25) is 0 Å². The van der Waals surface area contributed by atoms with Crippen LogP contribution in [-0.4, -0.2) is 28.9 Å². The van der Waals surface area contributed by atoms with Gasteiger partial charge < -0.3 is 14.4 Å². The van der Waals surface area contributed by atoms with E-state index in [0.717, 1.165) is 12.0 Å². The second kappa shape index (κ2) is 7.13. The van der Waals surface area contributed by atoms with Crippen LogP contribution < -0.4 is 0 Å². The molecule has 0 fully saturated rings. The summed E-state index contributed by atoms with van der Waals surface area (Å²) in [7, 11) is 1.67. The average molecular weight is 315 g/mol. The predicted molar refractivity (Wildman–Crippen MR) is 86.7 cm³/mol. The molecule has 0 aliphatic rings. The van der Waals surface area contributed by atoms with E-state index in [1.165, 1.54) is 16.5 Å². The van der Waals surface area contributed by atoms with Crippen molar-refractivity contribution in [3.63, 3.8) is 0 Å². The zero-order valence-electron chi connectivity index (χ0n) is 13.6. The average Bonchev–Trinajstić information content (AvgIpc) is 2.99. The molecule has 0 unspecified atom stereocenters. The van der Waals surface area contributed by atoms with Gasteiger partial charge in [0.05, 0.1) is 0 Å². The molecule has 0 saturated carbocycles. The van der Waals surface area contributed by atoms with Gasteiger partial charge in [0.2, 0.25) is 0 Å². The van der Waals surface area contributed by atoms with Gasteiger partial charge >= 0.3 is 5.97 Å². The molecule has 122 valence electrons. The first-order valence-corrected chi connectivity index (χ1v) is 7.65. The van der Waals surface area contributed by atoms with Crippen molar-refractivity contribution in [1.82, 2.24) is 4.90 Å². The fourth-order valence-corrected chi connectivity index (χ4v) is 2.39. The Morgan fingerprint density at radius 1 is 1.09 bits per heavy atom. The van der Waals surface area contributed by atoms with Crippen molar-refractivity contribution in [2.75, 3.05) is 7.05 Å². The van der Waals surface area contributed by atoms with Crippen LogP contribution in [0.25, 0.3) is 0 Å². The molecule has 1 aromatic heterocycles. The molecule has 1 amide bonds. The molecule has 5 nitrogen and oxygen atoms in total. The van der Waals surface area contributed by atoms with E-state index in [2.05, 4.69) is 6.92 Å². The van der Waals surface area contributed by atoms with Gasteiger partial charge in [-0.25, -0.2) is 4.79 Å². The van der Waals surface area contributed by atoms with Crippen molar-refractivity contribution in [3.05, 3.63) is 58.5 Å². The van der Waals surface area contributed by atoms with E-state index in [-0.39, 0.29) is 17.2 Å². The van der Waals surface area contributed by atoms with Crippen LogP contribution in [0.3, 0.4) is 0 Å². The number of hydrogen-bond donors (Lipinski definition) is 1. The third-order valence-electron chi connectivity index (χ3n) is 3.77. The molecule has 0 saturated heterocycles. The number of benzene rings is 1. The summed E-state index contributed by atoms with van der Waals surface area (Å²) in [6.45, 7) is 4.32. The van der Waals surface area contributed by atoms with Crippen LogP contribution >= 0.6 is 0 Å². The van der Waals surface area contributed by atoms with Gasteiger partial charge in [-0.3, -0.25) is 4.79 Å². The summed E-state index contributed by atoms with van der Waals surface area (Å²) in [6, 6.07) is 9.37. The molecule has 0 bridgehead atoms. The summed E-state index contributed by atoms with van der Waals surface area (Å²) >= 11 is 0. The fraction of sp³-hybridized carbons (Fsp3) is 0.333. The highest BCUT2D eigenvalue weighted by Crippen LogP contribution is 2.18. The van der Waals surface area contributed by atoms with E-state index < -0.39 is 5.97 Å². The molecule has 1 heterocycles. The number of aromatic carboxylic acids is 1. The number of amides is 1. The number of carboxylic acids is 1. The second-order valence-electron chi connectivity index (χ2n) is 5.44. The van der Waals surface area contributed by atoms with E-state index in [0.29, 0.717) is 18.7 Å². The van der Waals surface area contributed by atoms with Crippen molar-refractivity contribution in [2.45, 2.75) is 33.2 Å². The first-order chi connectivity index (χ1) is 11.0. The van der Waals surface area contributed by atoms with E-state index in [9.17, 15) is 9.59 Å². The largest absolute Gasteiger partial charge is 0.478 e. The monoisotopic (exact) mass is 315 g/mol. The Labute approximate surface area is 135 Å². The minimum Gasteiger partial charge on any atom is -0.478 e. The maximum Gasteiger partial charge on any atom is 0.339 e. The molecule has 1 N–H and O–H groups in total. The minimum atomic E-state index is -1.08. The number of carboxylic acid groups (broad SMARTS) is 1. The van der Waals surface area contributed by atoms with Crippen LogP contribution in [0.1, 0.15) is 51.6 Å². The number of furan rings is 1. The van der Waals surface area contributed by atoms with E-state index in [1.54, 1.807) is 14.0 Å². The Hall–Kier alpha value is -2.56. The molecular weight excluding hydrogens is 294 g/mol. The van der Waals surface area contributed by atoms with Gasteiger partial charge in [0.1, 0.15) is 11.3 Å². The lowest BCUT2D eigenvalue weighted by Crippen LogP contribution is -2.25. The predicted octanol–water partition coefficient (Wildman–Crippen LogP) is 3.37. The van der Waals surface area contributed by atoms with Gasteiger partial charge in [0, 0.05) is 26.1 Å². The molecule has 2 rings (SSSR count). The van der Waals surface area contributed by atoms with Crippen molar-refractivity contribution >= 4 is 11.9 Å². The van der Waals surface area contributed by atoms with Gasteiger partial charge in [-0.1, -0.05) is 38.1 Å². The zero-order chi connectivity index (χ0) is 17.0. The Balaban J connectivity index is 2.14. The Morgan fingerprint density at radius 2 is 1.70 bits per heavy atom. The van der Waals surface area contributed by atoms with Crippen LogP contribution in [-0.2, 0) is 19.4 Å². The molecule has 0 aliphatic heterocycles. The van der Waals surface area contributed by atoms with Gasteiger partial charge in [0.25, 0.3) is 5.91 Å². The van der Waals surface area contributed by atoms with Crippen molar-refractivity contribution in [1.29, 1.82) is 0 Å². The summed E-state index contributed by atoms with van der Waals surface area (Å²) in [5, 5.41) is 9.13. The maximum atomic E-state index is 12.4. The molecule has 1 aromatic carbocycles. The molecule has 0 atom stereocenters. The summed E-state index contributed by atoms with van der Waals surface area (Å²) in [5.74, 6) is -1.03. The molecule has 0 radical (unpaired) electrons. The van der Waals surface area contributed by atoms with Crippen LogP contribution in [0.4, 0.5) is 0 Å². The number of hydrogen-bond acceptors (Lipinski definition) is 3. The van der Waals surface area contributed by atoms with Gasteiger partial charge in [0.15, 0.2) is 5.76 Å². The molecule has 2 aromatic rings. The summed E-state index contributed by atoms with van der Waals surface area (Å²) in [5.41, 5.74) is 2.31. The summed E-state index contributed by atoms with van der Waals surface area (Å²) in [4.78, 5) is 25.1. The summed E-state index contributed by atoms with van der Waals surface area (Å²) in [6.07, 6.45) is 1.40. The number of carbonyl (C=O) groups is 2. The third-order valence-corrected chi connectivity index (χ3v) is 3.77. The normalized spacial score (nSPS) is 10.6. The fourth-order valence-electron chi connectivity index (χ4n) is 2.39. The van der Waals surface area contributed by atoms with Crippen molar-refractivity contribution in [3.8, 4) is 0 Å². The number of nitrogens with zero attached hydrogens (tertiary/aromatic N) is 1. The molecule has 5 heteroatoms. The van der Waals surface area contributed by atoms with Crippen molar-refractivity contribution < 1.29 is 19.1 Å². The second-order valence-corrected chi connectivity index (χ2v) is 5.44. The highest BCUT2D eigenvalue weighted by molar-refractivity contribution is 5.96. The lowest BCUT2D eigenvalue weighted by molar-refractivity contribution is 0.0693. The molecule has 23 heavy (non-hydrogen) atoms. The maximum absolute atomic E-state index is 12.4. The first kappa shape index (κ1) is 16.8. The highest BCUT2D eigenvalue weighted by atomic mass is 16.4. The van der Waals surface area contributed by atoms with Gasteiger partial charge in [-0.05, 0) is 17.5 Å². The quantitative estimate of drug-likeness (QED) is 0.887. The first-order valence-electron chi connectivity index (χ1n) is 7.65. The smallest absolute Gasteiger partial charge is 0.339 e. The summed E-state index contributed by atoms with van der Waals surface area (Å²) < 4.78 is 5.41. The van der Waals surface area contributed by atoms with Crippen molar-refractivity contribution in [2.24, 2.45) is 0 Å². The number of rotatable bonds is 6. The van der Waals surface area contributed by atoms with E-state index in [1.807, 2.05) is 24.3 Å². The number of aryl methyl sites for hydroxylation is 2. The SMILES string of the molecule is CCc1ccc(CN(C)C(=O)c2cc(C(=O)O)c(CC)o2)cc1. The topological polar surface area (TPSA) is 70.8 Å². The van der Waals surface area contributed by atoms with Crippen LogP contribution in [0.5, 0.6) is 0 Å². The minimum absolute atomic E-state index is 0.0524. The van der Waals surface area contributed by atoms with E-state index in [4.69, 9.17) is 9.52 Å². The van der Waals surface area contributed by atoms with Crippen LogP contribution in [0.15, 0.2) is 34.7 Å². The van der Waals surface area contributed by atoms with Gasteiger partial charge in [-0.15, -0.1) is 0 Å². The molecule has 0 aliphatic carbocycles. The number of carbonyl (C=O) groups excluding carboxylic acids is 1. The van der Waals surface area contributed by atoms with Gasteiger partial charge in [-0.2, -0.15) is 0 Å². The lowest BCUT2D eigenvalue weighted by Gasteiger charge is -2.16. The molecule has 0 spiro atoms. The Kier molecular flexibility index (Phi) is 5.21. The van der Waals surface area contributed by atoms with E-state index >= 15 is 0 Å². The third kappa shape index (κ3) is 3.80. The lowest BCUT2D eigenvalue weighted by atomic mass is 10.1. The standard InChI is InChI=1S/C18H21NO4/c1-4-12-6-8-13(9-7-12)11-19(3)17(20)16-10-14(18(21)22)15(5-2)23-16/h6-10H,4-5,11H2,1-3H3,(H,21,22). The molecular formula is C18H21NO4. The highest BCUT2D eigenvalue weighted by Gasteiger charge is 2.22. The van der Waals surface area contributed by atoms with Crippen LogP contribution in [0, 0.1) is 0 Å².